The van der Waals surface area contributed by atoms with Crippen molar-refractivity contribution in [3.05, 3.63) is 12.2 Å². The Balaban J connectivity index is 3.34. The summed E-state index contributed by atoms with van der Waals surface area (Å²) < 4.78 is 0. The third-order valence-corrected chi connectivity index (χ3v) is 2.49. The van der Waals surface area contributed by atoms with E-state index < -0.39 is 5.97 Å². The number of unbranched alkanes of at least 4 members (excludes halogenated alkanes) is 3. The normalized spacial score (nSPS) is 13.1. The molecule has 0 aromatic heterocycles. The van der Waals surface area contributed by atoms with Crippen molar-refractivity contribution in [2.45, 2.75) is 64.4 Å². The summed E-state index contributed by atoms with van der Waals surface area (Å²) in [6, 6.07) is 0. The lowest BCUT2D eigenvalue weighted by Crippen LogP contribution is -2.04. The Hall–Kier alpha value is -0.830. The molecule has 0 saturated heterocycles. The van der Waals surface area contributed by atoms with Crippen LogP contribution in [-0.4, -0.2) is 22.3 Å². The Morgan fingerprint density at radius 2 is 2.00 bits per heavy atom. The van der Waals surface area contributed by atoms with E-state index in [4.69, 9.17) is 5.11 Å². The van der Waals surface area contributed by atoms with E-state index in [1.54, 1.807) is 0 Å². The monoisotopic (exact) mass is 228 g/mol. The fourth-order valence-corrected chi connectivity index (χ4v) is 1.50. The highest BCUT2D eigenvalue weighted by Crippen LogP contribution is 2.08. The van der Waals surface area contributed by atoms with E-state index in [0.29, 0.717) is 12.8 Å². The Kier molecular flexibility index (Phi) is 10.1. The summed E-state index contributed by atoms with van der Waals surface area (Å²) in [6.07, 6.45) is 10.4. The molecule has 3 heteroatoms. The number of carboxylic acids is 1. The van der Waals surface area contributed by atoms with Gasteiger partial charge in [0.05, 0.1) is 6.10 Å². The number of aliphatic hydroxyl groups is 1. The van der Waals surface area contributed by atoms with Crippen LogP contribution in [0.3, 0.4) is 0 Å². The standard InChI is InChI=1S/C13H24O3/c1-2-3-4-6-9-12(14)10-7-5-8-11-13(15)16/h5,7,12,14H,2-4,6,8-11H2,1H3,(H,15,16). The van der Waals surface area contributed by atoms with Gasteiger partial charge in [-0.05, 0) is 19.3 Å². The number of carbonyl (C=O) groups is 1. The Bertz CT molecular complexity index is 199. The molecule has 0 amide bonds. The molecule has 0 bridgehead atoms. The molecular formula is C13H24O3. The SMILES string of the molecule is CCCCCCC(O)CC=CCCC(=O)O. The van der Waals surface area contributed by atoms with Gasteiger partial charge in [-0.3, -0.25) is 4.79 Å². The third-order valence-electron chi connectivity index (χ3n) is 2.49. The molecule has 0 aromatic rings. The molecule has 0 aliphatic carbocycles. The highest BCUT2D eigenvalue weighted by molar-refractivity contribution is 5.66. The average Bonchev–Trinajstić information content (AvgIpc) is 2.23. The molecule has 0 aromatic carbocycles. The van der Waals surface area contributed by atoms with Crippen molar-refractivity contribution in [2.75, 3.05) is 0 Å². The molecule has 16 heavy (non-hydrogen) atoms. The molecule has 94 valence electrons. The zero-order chi connectivity index (χ0) is 12.2. The van der Waals surface area contributed by atoms with Crippen molar-refractivity contribution in [3.63, 3.8) is 0 Å². The first-order valence-corrected chi connectivity index (χ1v) is 6.21. The molecule has 0 fully saturated rings. The van der Waals surface area contributed by atoms with Crippen LogP contribution >= 0.6 is 0 Å². The van der Waals surface area contributed by atoms with Gasteiger partial charge in [0.15, 0.2) is 0 Å². The van der Waals surface area contributed by atoms with E-state index in [1.165, 1.54) is 19.3 Å². The van der Waals surface area contributed by atoms with Gasteiger partial charge in [-0.2, -0.15) is 0 Å². The largest absolute Gasteiger partial charge is 0.481 e. The maximum atomic E-state index is 10.2. The zero-order valence-electron chi connectivity index (χ0n) is 10.2. The van der Waals surface area contributed by atoms with E-state index in [9.17, 15) is 9.90 Å². The number of hydrogen-bond acceptors (Lipinski definition) is 2. The minimum atomic E-state index is -0.773. The van der Waals surface area contributed by atoms with Gasteiger partial charge < -0.3 is 10.2 Å². The molecule has 1 unspecified atom stereocenters. The molecular weight excluding hydrogens is 204 g/mol. The highest BCUT2D eigenvalue weighted by Gasteiger charge is 2.00. The van der Waals surface area contributed by atoms with Gasteiger partial charge >= 0.3 is 5.97 Å². The summed E-state index contributed by atoms with van der Waals surface area (Å²) in [5.41, 5.74) is 0. The van der Waals surface area contributed by atoms with Crippen molar-refractivity contribution in [3.8, 4) is 0 Å². The zero-order valence-corrected chi connectivity index (χ0v) is 10.2. The first kappa shape index (κ1) is 15.2. The number of carboxylic acid groups (broad SMARTS) is 1. The van der Waals surface area contributed by atoms with E-state index in [1.807, 2.05) is 12.2 Å². The van der Waals surface area contributed by atoms with Gasteiger partial charge in [-0.1, -0.05) is 44.8 Å². The lowest BCUT2D eigenvalue weighted by Gasteiger charge is -2.06. The summed E-state index contributed by atoms with van der Waals surface area (Å²) in [6.45, 7) is 2.17. The molecule has 0 radical (unpaired) electrons. The predicted molar refractivity (Wildman–Crippen MR) is 65.4 cm³/mol. The number of aliphatic carboxylic acids is 1. The Labute approximate surface area is 98.2 Å². The van der Waals surface area contributed by atoms with Gasteiger partial charge in [0.25, 0.3) is 0 Å². The topological polar surface area (TPSA) is 57.5 Å². The van der Waals surface area contributed by atoms with Crippen LogP contribution in [0.1, 0.15) is 58.3 Å². The van der Waals surface area contributed by atoms with Crippen molar-refractivity contribution >= 4 is 5.97 Å². The van der Waals surface area contributed by atoms with E-state index in [0.717, 1.165) is 12.8 Å². The Morgan fingerprint density at radius 1 is 1.25 bits per heavy atom. The van der Waals surface area contributed by atoms with Crippen molar-refractivity contribution < 1.29 is 15.0 Å². The van der Waals surface area contributed by atoms with Crippen molar-refractivity contribution in [1.82, 2.24) is 0 Å². The summed E-state index contributed by atoms with van der Waals surface area (Å²) >= 11 is 0. The second kappa shape index (κ2) is 10.7. The van der Waals surface area contributed by atoms with Crippen LogP contribution in [-0.2, 0) is 4.79 Å². The first-order chi connectivity index (χ1) is 7.66. The van der Waals surface area contributed by atoms with Crippen LogP contribution in [0.15, 0.2) is 12.2 Å². The molecule has 0 spiro atoms. The maximum Gasteiger partial charge on any atom is 0.303 e. The third kappa shape index (κ3) is 11.2. The van der Waals surface area contributed by atoms with Crippen LogP contribution in [0.25, 0.3) is 0 Å². The molecule has 3 nitrogen and oxygen atoms in total. The number of hydrogen-bond donors (Lipinski definition) is 2. The lowest BCUT2D eigenvalue weighted by atomic mass is 10.1. The van der Waals surface area contributed by atoms with E-state index in [-0.39, 0.29) is 12.5 Å². The number of rotatable bonds is 10. The summed E-state index contributed by atoms with van der Waals surface area (Å²) in [5.74, 6) is -0.773. The quantitative estimate of drug-likeness (QED) is 0.446. The number of aliphatic hydroxyl groups excluding tert-OH is 1. The summed E-state index contributed by atoms with van der Waals surface area (Å²) in [5, 5.41) is 18.0. The molecule has 0 heterocycles. The first-order valence-electron chi connectivity index (χ1n) is 6.21. The lowest BCUT2D eigenvalue weighted by molar-refractivity contribution is -0.136. The van der Waals surface area contributed by atoms with Crippen LogP contribution in [0, 0.1) is 0 Å². The van der Waals surface area contributed by atoms with Gasteiger partial charge in [-0.15, -0.1) is 0 Å². The molecule has 2 N–H and O–H groups in total. The minimum Gasteiger partial charge on any atom is -0.481 e. The van der Waals surface area contributed by atoms with Crippen LogP contribution in [0.2, 0.25) is 0 Å². The molecule has 1 atom stereocenters. The van der Waals surface area contributed by atoms with Crippen LogP contribution in [0.5, 0.6) is 0 Å². The second-order valence-electron chi connectivity index (χ2n) is 4.14. The fourth-order valence-electron chi connectivity index (χ4n) is 1.50. The fraction of sp³-hybridized carbons (Fsp3) is 0.769. The summed E-state index contributed by atoms with van der Waals surface area (Å²) in [7, 11) is 0. The molecule has 0 rings (SSSR count). The van der Waals surface area contributed by atoms with Gasteiger partial charge in [0.1, 0.15) is 0 Å². The average molecular weight is 228 g/mol. The highest BCUT2D eigenvalue weighted by atomic mass is 16.4. The summed E-state index contributed by atoms with van der Waals surface area (Å²) in [4.78, 5) is 10.2. The smallest absolute Gasteiger partial charge is 0.303 e. The van der Waals surface area contributed by atoms with Gasteiger partial charge in [0, 0.05) is 6.42 Å². The molecule has 0 aliphatic heterocycles. The predicted octanol–water partition coefficient (Wildman–Crippen LogP) is 3.13. The van der Waals surface area contributed by atoms with Gasteiger partial charge in [0.2, 0.25) is 0 Å². The van der Waals surface area contributed by atoms with Gasteiger partial charge in [-0.25, -0.2) is 0 Å². The van der Waals surface area contributed by atoms with E-state index in [2.05, 4.69) is 6.92 Å². The minimum absolute atomic E-state index is 0.170. The van der Waals surface area contributed by atoms with E-state index >= 15 is 0 Å². The Morgan fingerprint density at radius 3 is 2.62 bits per heavy atom. The van der Waals surface area contributed by atoms with Crippen molar-refractivity contribution in [1.29, 1.82) is 0 Å². The van der Waals surface area contributed by atoms with Crippen molar-refractivity contribution in [2.24, 2.45) is 0 Å². The maximum absolute atomic E-state index is 10.2. The number of allylic oxidation sites excluding steroid dienone is 1. The molecule has 0 saturated carbocycles. The van der Waals surface area contributed by atoms with Crippen LogP contribution < -0.4 is 0 Å². The molecule has 0 aliphatic rings. The second-order valence-corrected chi connectivity index (χ2v) is 4.14. The van der Waals surface area contributed by atoms with Crippen LogP contribution in [0.4, 0.5) is 0 Å².